The van der Waals surface area contributed by atoms with Crippen LogP contribution in [0.1, 0.15) is 322 Å². The molecule has 3 atom stereocenters. The lowest BCUT2D eigenvalue weighted by Gasteiger charge is -2.21. The number of aliphatic hydroxyl groups excluding tert-OH is 3. The lowest BCUT2D eigenvalue weighted by molar-refractivity contribution is -0.131. The summed E-state index contributed by atoms with van der Waals surface area (Å²) in [4.78, 5) is 12.5. The van der Waals surface area contributed by atoms with E-state index in [1.807, 2.05) is 6.08 Å². The smallest absolute Gasteiger partial charge is 0.249 e. The van der Waals surface area contributed by atoms with Gasteiger partial charge in [-0.15, -0.1) is 0 Å². The monoisotopic (exact) mass is 928 g/mol. The second kappa shape index (κ2) is 56.2. The highest BCUT2D eigenvalue weighted by molar-refractivity contribution is 5.80. The molecule has 0 bridgehead atoms. The van der Waals surface area contributed by atoms with E-state index in [9.17, 15) is 20.1 Å². The van der Waals surface area contributed by atoms with Crippen LogP contribution in [0.25, 0.3) is 0 Å². The molecule has 0 heterocycles. The zero-order chi connectivity index (χ0) is 47.9. The van der Waals surface area contributed by atoms with Crippen LogP contribution in [0.4, 0.5) is 0 Å². The van der Waals surface area contributed by atoms with Crippen molar-refractivity contribution in [3.05, 3.63) is 36.5 Å². The molecule has 0 saturated heterocycles. The third kappa shape index (κ3) is 50.4. The molecule has 0 aliphatic carbocycles. The second-order valence-electron chi connectivity index (χ2n) is 20.5. The number of amides is 1. The summed E-state index contributed by atoms with van der Waals surface area (Å²) in [5, 5.41) is 33.3. The molecule has 0 aromatic heterocycles. The molecule has 5 heteroatoms. The molecule has 5 nitrogen and oxygen atoms in total. The Labute approximate surface area is 413 Å². The second-order valence-corrected chi connectivity index (χ2v) is 20.5. The van der Waals surface area contributed by atoms with E-state index in [4.69, 9.17) is 0 Å². The van der Waals surface area contributed by atoms with Gasteiger partial charge in [-0.1, -0.05) is 301 Å². The number of allylic oxidation sites excluding steroid dienone is 5. The first-order valence-electron chi connectivity index (χ1n) is 29.8. The molecule has 0 aliphatic rings. The number of hydrogen-bond donors (Lipinski definition) is 4. The van der Waals surface area contributed by atoms with Crippen LogP contribution in [0.15, 0.2) is 36.5 Å². The third-order valence-electron chi connectivity index (χ3n) is 14.0. The minimum Gasteiger partial charge on any atom is -0.394 e. The number of unbranched alkanes of at least 4 members (excludes halogenated alkanes) is 43. The molecule has 0 fully saturated rings. The van der Waals surface area contributed by atoms with E-state index in [0.29, 0.717) is 6.42 Å². The lowest BCUT2D eigenvalue weighted by Crippen LogP contribution is -2.48. The summed E-state index contributed by atoms with van der Waals surface area (Å²) in [5.74, 6) is -0.508. The topological polar surface area (TPSA) is 89.8 Å². The fraction of sp³-hybridized carbons (Fsp3) is 0.885. The Hall–Kier alpha value is -1.43. The molecule has 0 aromatic carbocycles. The summed E-state index contributed by atoms with van der Waals surface area (Å²) in [6.45, 7) is 4.20. The Morgan fingerprint density at radius 2 is 0.621 bits per heavy atom. The first kappa shape index (κ1) is 64.6. The summed E-state index contributed by atoms with van der Waals surface area (Å²) in [6, 6.07) is -0.814. The van der Waals surface area contributed by atoms with E-state index in [0.717, 1.165) is 38.5 Å². The predicted octanol–water partition coefficient (Wildman–Crippen LogP) is 18.6. The van der Waals surface area contributed by atoms with Gasteiger partial charge in [0.2, 0.25) is 5.91 Å². The Kier molecular flexibility index (Phi) is 54.9. The predicted molar refractivity (Wildman–Crippen MR) is 291 cm³/mol. The Balaban J connectivity index is 3.52. The summed E-state index contributed by atoms with van der Waals surface area (Å²) < 4.78 is 0. The van der Waals surface area contributed by atoms with Gasteiger partial charge < -0.3 is 20.6 Å². The van der Waals surface area contributed by atoms with Crippen molar-refractivity contribution in [2.75, 3.05) is 6.61 Å². The van der Waals surface area contributed by atoms with Gasteiger partial charge in [0.25, 0.3) is 0 Å². The number of aliphatic hydroxyl groups is 3. The molecule has 0 radical (unpaired) electrons. The maximum absolute atomic E-state index is 12.5. The highest BCUT2D eigenvalue weighted by Crippen LogP contribution is 2.17. The van der Waals surface area contributed by atoms with Crippen molar-refractivity contribution in [1.82, 2.24) is 5.32 Å². The van der Waals surface area contributed by atoms with Crippen molar-refractivity contribution < 1.29 is 20.1 Å². The van der Waals surface area contributed by atoms with Crippen LogP contribution < -0.4 is 5.32 Å². The molecule has 0 spiro atoms. The fourth-order valence-corrected chi connectivity index (χ4v) is 9.32. The molecule has 0 rings (SSSR count). The van der Waals surface area contributed by atoms with Crippen LogP contribution in [-0.2, 0) is 4.79 Å². The highest BCUT2D eigenvalue weighted by atomic mass is 16.3. The van der Waals surface area contributed by atoms with Crippen LogP contribution in [0.3, 0.4) is 0 Å². The van der Waals surface area contributed by atoms with E-state index in [2.05, 4.69) is 43.5 Å². The number of carbonyl (C=O) groups excluding carboxylic acids is 1. The van der Waals surface area contributed by atoms with E-state index in [1.165, 1.54) is 263 Å². The Bertz CT molecular complexity index is 1020. The minimum absolute atomic E-state index is 0.374. The van der Waals surface area contributed by atoms with E-state index < -0.39 is 24.2 Å². The summed E-state index contributed by atoms with van der Waals surface area (Å²) in [6.07, 6.45) is 73.9. The van der Waals surface area contributed by atoms with E-state index in [1.54, 1.807) is 6.08 Å². The lowest BCUT2D eigenvalue weighted by atomic mass is 10.0. The molecular weight excluding hydrogens is 811 g/mol. The van der Waals surface area contributed by atoms with Gasteiger partial charge in [0.05, 0.1) is 18.8 Å². The number of carbonyl (C=O) groups is 1. The largest absolute Gasteiger partial charge is 0.394 e. The summed E-state index contributed by atoms with van der Waals surface area (Å²) in [7, 11) is 0. The van der Waals surface area contributed by atoms with Crippen molar-refractivity contribution in [2.24, 2.45) is 0 Å². The molecule has 0 saturated carbocycles. The van der Waals surface area contributed by atoms with Crippen molar-refractivity contribution >= 4 is 5.91 Å². The zero-order valence-electron chi connectivity index (χ0n) is 44.6. The summed E-state index contributed by atoms with van der Waals surface area (Å²) in [5.41, 5.74) is 0. The van der Waals surface area contributed by atoms with Gasteiger partial charge >= 0.3 is 0 Å². The quantitative estimate of drug-likeness (QED) is 0.0361. The first-order chi connectivity index (χ1) is 32.6. The van der Waals surface area contributed by atoms with Crippen LogP contribution >= 0.6 is 0 Å². The number of rotatable bonds is 55. The minimum atomic E-state index is -1.11. The molecule has 0 aromatic rings. The standard InChI is InChI=1S/C61H117NO4/c1-3-5-7-9-11-13-15-17-19-21-23-24-25-26-27-28-29-30-31-32-33-34-35-36-37-38-40-42-44-46-48-50-52-54-56-60(65)61(66)62-58(57-63)59(64)55-53-51-49-47-45-43-41-39-22-20-18-16-14-12-10-8-6-4-2/h28-29,45,47,53,55,58-60,63-65H,3-27,30-44,46,48-52,54,56-57H2,1-2H3,(H,62,66)/b29-28-,47-45+,55-53+. The van der Waals surface area contributed by atoms with E-state index >= 15 is 0 Å². The zero-order valence-corrected chi connectivity index (χ0v) is 44.6. The number of nitrogens with one attached hydrogen (secondary N) is 1. The molecule has 0 aliphatic heterocycles. The van der Waals surface area contributed by atoms with Crippen molar-refractivity contribution in [1.29, 1.82) is 0 Å². The van der Waals surface area contributed by atoms with Gasteiger partial charge in [0.15, 0.2) is 0 Å². The average molecular weight is 929 g/mol. The molecule has 4 N–H and O–H groups in total. The summed E-state index contributed by atoms with van der Waals surface area (Å²) >= 11 is 0. The van der Waals surface area contributed by atoms with E-state index in [-0.39, 0.29) is 6.61 Å². The molecule has 3 unspecified atom stereocenters. The Morgan fingerprint density at radius 1 is 0.364 bits per heavy atom. The molecule has 390 valence electrons. The number of hydrogen-bond acceptors (Lipinski definition) is 4. The normalized spacial score (nSPS) is 13.5. The van der Waals surface area contributed by atoms with Crippen LogP contribution in [0.5, 0.6) is 0 Å². The maximum atomic E-state index is 12.5. The Morgan fingerprint density at radius 3 is 0.924 bits per heavy atom. The third-order valence-corrected chi connectivity index (χ3v) is 14.0. The first-order valence-corrected chi connectivity index (χ1v) is 29.8. The van der Waals surface area contributed by atoms with Crippen molar-refractivity contribution in [2.45, 2.75) is 340 Å². The van der Waals surface area contributed by atoms with Gasteiger partial charge in [-0.05, 0) is 57.8 Å². The van der Waals surface area contributed by atoms with Gasteiger partial charge in [-0.3, -0.25) is 4.79 Å². The maximum Gasteiger partial charge on any atom is 0.249 e. The van der Waals surface area contributed by atoms with Crippen molar-refractivity contribution in [3.63, 3.8) is 0 Å². The highest BCUT2D eigenvalue weighted by Gasteiger charge is 2.22. The van der Waals surface area contributed by atoms with Crippen molar-refractivity contribution in [3.8, 4) is 0 Å². The SMILES string of the molecule is CCCCCCCCCCCCCC/C=C/CC/C=C/C(O)C(CO)NC(=O)C(O)CCCCCCCCCCCCCCCCCC/C=C\CCCCCCCCCCCCCCCC. The molecule has 66 heavy (non-hydrogen) atoms. The van der Waals surface area contributed by atoms with Crippen LogP contribution in [0, 0.1) is 0 Å². The average Bonchev–Trinajstić information content (AvgIpc) is 3.32. The molecular formula is C61H117NO4. The van der Waals surface area contributed by atoms with Gasteiger partial charge in [-0.2, -0.15) is 0 Å². The van der Waals surface area contributed by atoms with Gasteiger partial charge in [0.1, 0.15) is 6.10 Å². The van der Waals surface area contributed by atoms with Crippen LogP contribution in [-0.4, -0.2) is 46.1 Å². The molecule has 1 amide bonds. The fourth-order valence-electron chi connectivity index (χ4n) is 9.32. The van der Waals surface area contributed by atoms with Gasteiger partial charge in [-0.25, -0.2) is 0 Å². The van der Waals surface area contributed by atoms with Gasteiger partial charge in [0, 0.05) is 0 Å². The van der Waals surface area contributed by atoms with Crippen LogP contribution in [0.2, 0.25) is 0 Å².